The van der Waals surface area contributed by atoms with Crippen molar-refractivity contribution in [3.8, 4) is 22.8 Å². The van der Waals surface area contributed by atoms with E-state index in [0.717, 1.165) is 73.8 Å². The minimum Gasteiger partial charge on any atom is -0.456 e. The van der Waals surface area contributed by atoms with Gasteiger partial charge in [0.25, 0.3) is 0 Å². The van der Waals surface area contributed by atoms with Gasteiger partial charge in [0.1, 0.15) is 22.5 Å². The Hall–Kier alpha value is -5.03. The van der Waals surface area contributed by atoms with Gasteiger partial charge in [-0.1, -0.05) is 79.4 Å². The topological polar surface area (TPSA) is 65.0 Å². The number of benzene rings is 3. The third-order valence-electron chi connectivity index (χ3n) is 7.05. The Kier molecular flexibility index (Phi) is 5.55. The van der Waals surface area contributed by atoms with E-state index >= 15 is 0 Å². The summed E-state index contributed by atoms with van der Waals surface area (Å²) in [5.41, 5.74) is 6.03. The van der Waals surface area contributed by atoms with E-state index in [1.165, 1.54) is 0 Å². The van der Waals surface area contributed by atoms with Crippen LogP contribution in [0.3, 0.4) is 0 Å². The highest BCUT2D eigenvalue weighted by Crippen LogP contribution is 2.39. The van der Waals surface area contributed by atoms with Gasteiger partial charge < -0.3 is 8.83 Å². The second-order valence-corrected chi connectivity index (χ2v) is 9.52. The summed E-state index contributed by atoms with van der Waals surface area (Å²) in [7, 11) is 0. The molecule has 5 nitrogen and oxygen atoms in total. The quantitative estimate of drug-likeness (QED) is 0.233. The molecule has 0 radical (unpaired) electrons. The Balaban J connectivity index is 1.47. The predicted octanol–water partition coefficient (Wildman–Crippen LogP) is 9.26. The molecule has 0 aliphatic heterocycles. The van der Waals surface area contributed by atoms with Crippen LogP contribution in [0.2, 0.25) is 0 Å². The Morgan fingerprint density at radius 1 is 0.795 bits per heavy atom. The van der Waals surface area contributed by atoms with Crippen LogP contribution in [0, 0.1) is 0 Å². The zero-order chi connectivity index (χ0) is 26.3. The Morgan fingerprint density at radius 2 is 1.62 bits per heavy atom. The van der Waals surface area contributed by atoms with Crippen molar-refractivity contribution in [3.63, 3.8) is 0 Å². The van der Waals surface area contributed by atoms with Gasteiger partial charge in [-0.3, -0.25) is 0 Å². The number of nitrogens with zero attached hydrogens (tertiary/aromatic N) is 3. The predicted molar refractivity (Wildman–Crippen MR) is 159 cm³/mol. The number of hydrogen-bond donors (Lipinski definition) is 0. The van der Waals surface area contributed by atoms with Crippen molar-refractivity contribution < 1.29 is 8.83 Å². The molecule has 1 aliphatic carbocycles. The van der Waals surface area contributed by atoms with E-state index in [0.29, 0.717) is 17.5 Å². The van der Waals surface area contributed by atoms with Crippen LogP contribution in [0.1, 0.15) is 36.9 Å². The lowest BCUT2D eigenvalue weighted by Crippen LogP contribution is -2.03. The SMILES string of the molecule is C=Cc1oc2cc3oc4c(-c5nc(C6=CCCC=C6)nc(-c6ccccc6)n5)cccc4c3cc2c1/C=C\C. The van der Waals surface area contributed by atoms with Gasteiger partial charge in [-0.05, 0) is 38.0 Å². The molecule has 3 aromatic heterocycles. The summed E-state index contributed by atoms with van der Waals surface area (Å²) in [6, 6.07) is 20.2. The molecule has 39 heavy (non-hydrogen) atoms. The Morgan fingerprint density at radius 3 is 2.41 bits per heavy atom. The zero-order valence-corrected chi connectivity index (χ0v) is 21.5. The highest BCUT2D eigenvalue weighted by molar-refractivity contribution is 6.13. The second-order valence-electron chi connectivity index (χ2n) is 9.52. The van der Waals surface area contributed by atoms with Gasteiger partial charge >= 0.3 is 0 Å². The highest BCUT2D eigenvalue weighted by atomic mass is 16.3. The number of allylic oxidation sites excluding steroid dienone is 5. The van der Waals surface area contributed by atoms with E-state index in [2.05, 4.69) is 36.9 Å². The first-order chi connectivity index (χ1) is 19.2. The molecule has 0 bridgehead atoms. The summed E-state index contributed by atoms with van der Waals surface area (Å²) in [6.07, 6.45) is 14.2. The average Bonchev–Trinajstić information content (AvgIpc) is 3.53. The molecule has 0 atom stereocenters. The van der Waals surface area contributed by atoms with Crippen molar-refractivity contribution in [3.05, 3.63) is 109 Å². The molecular formula is C34H25N3O2. The first-order valence-corrected chi connectivity index (χ1v) is 13.1. The zero-order valence-electron chi connectivity index (χ0n) is 21.5. The number of para-hydroxylation sites is 1. The highest BCUT2D eigenvalue weighted by Gasteiger charge is 2.20. The second kappa shape index (κ2) is 9.37. The van der Waals surface area contributed by atoms with Crippen molar-refractivity contribution in [2.24, 2.45) is 0 Å². The third kappa shape index (κ3) is 3.91. The van der Waals surface area contributed by atoms with Crippen LogP contribution >= 0.6 is 0 Å². The summed E-state index contributed by atoms with van der Waals surface area (Å²) < 4.78 is 12.6. The summed E-state index contributed by atoms with van der Waals surface area (Å²) in [5, 5.41) is 3.03. The number of fused-ring (bicyclic) bond motifs is 4. The van der Waals surface area contributed by atoms with Crippen LogP contribution in [-0.2, 0) is 0 Å². The van der Waals surface area contributed by atoms with Crippen LogP contribution in [0.15, 0.2) is 100 Å². The summed E-state index contributed by atoms with van der Waals surface area (Å²) in [5.74, 6) is 2.62. The van der Waals surface area contributed by atoms with E-state index in [9.17, 15) is 0 Å². The molecule has 7 rings (SSSR count). The van der Waals surface area contributed by atoms with Gasteiger partial charge in [0.2, 0.25) is 0 Å². The number of furan rings is 2. The molecule has 3 aromatic carbocycles. The lowest BCUT2D eigenvalue weighted by atomic mass is 10.0. The molecule has 6 aromatic rings. The van der Waals surface area contributed by atoms with E-state index in [-0.39, 0.29) is 0 Å². The lowest BCUT2D eigenvalue weighted by molar-refractivity contribution is 0.602. The fraction of sp³-hybridized carbons (Fsp3) is 0.0882. The molecular weight excluding hydrogens is 482 g/mol. The fourth-order valence-electron chi connectivity index (χ4n) is 5.21. The molecule has 0 unspecified atom stereocenters. The maximum absolute atomic E-state index is 6.49. The molecule has 3 heterocycles. The minimum atomic E-state index is 0.579. The lowest BCUT2D eigenvalue weighted by Gasteiger charge is -2.10. The van der Waals surface area contributed by atoms with Gasteiger partial charge in [0.05, 0.1) is 5.56 Å². The van der Waals surface area contributed by atoms with Crippen LogP contribution < -0.4 is 0 Å². The normalized spacial score (nSPS) is 13.6. The fourth-order valence-corrected chi connectivity index (χ4v) is 5.21. The first kappa shape index (κ1) is 23.1. The molecule has 0 N–H and O–H groups in total. The minimum absolute atomic E-state index is 0.579. The number of aromatic nitrogens is 3. The van der Waals surface area contributed by atoms with Crippen molar-refractivity contribution in [2.75, 3.05) is 0 Å². The van der Waals surface area contributed by atoms with E-state index in [1.54, 1.807) is 6.08 Å². The molecule has 0 fully saturated rings. The van der Waals surface area contributed by atoms with E-state index in [4.69, 9.17) is 23.8 Å². The molecule has 0 amide bonds. The van der Waals surface area contributed by atoms with Crippen molar-refractivity contribution in [1.29, 1.82) is 0 Å². The molecule has 5 heteroatoms. The van der Waals surface area contributed by atoms with Crippen LogP contribution in [0.4, 0.5) is 0 Å². The largest absolute Gasteiger partial charge is 0.456 e. The first-order valence-electron chi connectivity index (χ1n) is 13.1. The van der Waals surface area contributed by atoms with E-state index < -0.39 is 0 Å². The number of hydrogen-bond acceptors (Lipinski definition) is 5. The summed E-state index contributed by atoms with van der Waals surface area (Å²) in [6.45, 7) is 5.91. The summed E-state index contributed by atoms with van der Waals surface area (Å²) >= 11 is 0. The molecule has 0 saturated heterocycles. The van der Waals surface area contributed by atoms with Gasteiger partial charge in [-0.15, -0.1) is 0 Å². The van der Waals surface area contributed by atoms with Gasteiger partial charge in [0.15, 0.2) is 17.5 Å². The van der Waals surface area contributed by atoms with Crippen molar-refractivity contribution in [2.45, 2.75) is 19.8 Å². The van der Waals surface area contributed by atoms with Crippen LogP contribution in [-0.4, -0.2) is 15.0 Å². The average molecular weight is 508 g/mol. The van der Waals surface area contributed by atoms with Gasteiger partial charge in [-0.2, -0.15) is 0 Å². The molecule has 188 valence electrons. The maximum atomic E-state index is 6.49. The van der Waals surface area contributed by atoms with Crippen molar-refractivity contribution in [1.82, 2.24) is 15.0 Å². The monoisotopic (exact) mass is 507 g/mol. The third-order valence-corrected chi connectivity index (χ3v) is 7.05. The maximum Gasteiger partial charge on any atom is 0.167 e. The smallest absolute Gasteiger partial charge is 0.167 e. The molecule has 0 spiro atoms. The molecule has 1 aliphatic rings. The van der Waals surface area contributed by atoms with Gasteiger partial charge in [-0.25, -0.2) is 15.0 Å². The van der Waals surface area contributed by atoms with Crippen molar-refractivity contribution >= 4 is 50.6 Å². The Bertz CT molecular complexity index is 1990. The standard InChI is InChI=1S/C34H25N3O2/c1-3-12-23-26-19-27-24-17-11-18-25(31(24)39-30(27)20-29(26)38-28(23)4-2)34-36-32(21-13-7-5-8-14-21)35-33(37-34)22-15-9-6-10-16-22/h3-5,7-9,11-20H,2,6,10H2,1H3/b12-3-. The van der Waals surface area contributed by atoms with E-state index in [1.807, 2.05) is 67.6 Å². The number of rotatable bonds is 5. The summed E-state index contributed by atoms with van der Waals surface area (Å²) in [4.78, 5) is 14.7. The Labute approximate surface area is 225 Å². The van der Waals surface area contributed by atoms with Gasteiger partial charge in [0, 0.05) is 38.9 Å². The molecule has 0 saturated carbocycles. The van der Waals surface area contributed by atoms with Crippen LogP contribution in [0.5, 0.6) is 0 Å². The van der Waals surface area contributed by atoms with Crippen LogP contribution in [0.25, 0.3) is 73.4 Å².